The summed E-state index contributed by atoms with van der Waals surface area (Å²) in [5.74, 6) is 1.42. The Morgan fingerprint density at radius 3 is 2.42 bits per heavy atom. The number of guanidine groups is 1. The summed E-state index contributed by atoms with van der Waals surface area (Å²) in [7, 11) is 1.67. The number of nitrogens with zero attached hydrogens (tertiary/aromatic N) is 2. The molecule has 0 aliphatic heterocycles. The quantitative estimate of drug-likeness (QED) is 0.284. The molecule has 0 radical (unpaired) electrons. The molecule has 1 aromatic heterocycles. The van der Waals surface area contributed by atoms with Gasteiger partial charge < -0.3 is 15.4 Å². The Morgan fingerprint density at radius 2 is 1.92 bits per heavy atom. The molecule has 0 spiro atoms. The van der Waals surface area contributed by atoms with Gasteiger partial charge in [0.15, 0.2) is 5.96 Å². The highest BCUT2D eigenvalue weighted by Crippen LogP contribution is 2.29. The first-order valence-corrected chi connectivity index (χ1v) is 7.43. The SMILES string of the molecule is CN=C(NCCOc1ccc(C(F)(F)F)cn1)NCCC(C)C.I. The van der Waals surface area contributed by atoms with Crippen LogP contribution in [0.2, 0.25) is 0 Å². The zero-order chi connectivity index (χ0) is 17.3. The molecule has 0 aromatic carbocycles. The summed E-state index contributed by atoms with van der Waals surface area (Å²) < 4.78 is 42.5. The molecule has 1 aromatic rings. The highest BCUT2D eigenvalue weighted by atomic mass is 127. The maximum Gasteiger partial charge on any atom is 0.417 e. The van der Waals surface area contributed by atoms with Crippen LogP contribution in [0.5, 0.6) is 5.88 Å². The average Bonchev–Trinajstić information content (AvgIpc) is 2.49. The molecule has 0 unspecified atom stereocenters. The Morgan fingerprint density at radius 1 is 1.25 bits per heavy atom. The predicted molar refractivity (Wildman–Crippen MR) is 99.0 cm³/mol. The first-order valence-electron chi connectivity index (χ1n) is 7.43. The third kappa shape index (κ3) is 9.14. The van der Waals surface area contributed by atoms with Crippen LogP contribution in [-0.2, 0) is 6.18 Å². The number of hydrogen-bond acceptors (Lipinski definition) is 3. The molecule has 0 amide bonds. The smallest absolute Gasteiger partial charge is 0.417 e. The van der Waals surface area contributed by atoms with Crippen molar-refractivity contribution < 1.29 is 17.9 Å². The Bertz CT molecular complexity index is 492. The van der Waals surface area contributed by atoms with Gasteiger partial charge in [-0.2, -0.15) is 13.2 Å². The van der Waals surface area contributed by atoms with Crippen LogP contribution in [-0.4, -0.2) is 37.7 Å². The molecule has 1 rings (SSSR count). The van der Waals surface area contributed by atoms with Crippen molar-refractivity contribution in [3.63, 3.8) is 0 Å². The van der Waals surface area contributed by atoms with Gasteiger partial charge in [0.1, 0.15) is 6.61 Å². The van der Waals surface area contributed by atoms with Gasteiger partial charge in [0.2, 0.25) is 5.88 Å². The standard InChI is InChI=1S/C15H23F3N4O.HI/c1-11(2)6-7-20-14(19-3)21-8-9-23-13-5-4-12(10-22-13)15(16,17)18;/h4-5,10-11H,6-9H2,1-3H3,(H2,19,20,21);1H. The van der Waals surface area contributed by atoms with Crippen LogP contribution < -0.4 is 15.4 Å². The van der Waals surface area contributed by atoms with Gasteiger partial charge in [-0.25, -0.2) is 4.98 Å². The lowest BCUT2D eigenvalue weighted by atomic mass is 10.1. The van der Waals surface area contributed by atoms with E-state index in [-0.39, 0.29) is 36.5 Å². The van der Waals surface area contributed by atoms with Crippen LogP contribution in [0.15, 0.2) is 23.3 Å². The van der Waals surface area contributed by atoms with Gasteiger partial charge in [-0.05, 0) is 18.4 Å². The van der Waals surface area contributed by atoms with E-state index in [4.69, 9.17) is 4.74 Å². The third-order valence-electron chi connectivity index (χ3n) is 2.95. The lowest BCUT2D eigenvalue weighted by Crippen LogP contribution is -2.39. The van der Waals surface area contributed by atoms with Crippen molar-refractivity contribution in [2.24, 2.45) is 10.9 Å². The fourth-order valence-electron chi connectivity index (χ4n) is 1.66. The Hall–Kier alpha value is -1.26. The number of rotatable bonds is 7. The van der Waals surface area contributed by atoms with E-state index >= 15 is 0 Å². The summed E-state index contributed by atoms with van der Waals surface area (Å²) in [5.41, 5.74) is -0.794. The van der Waals surface area contributed by atoms with Gasteiger partial charge in [0.25, 0.3) is 0 Å². The molecule has 0 saturated carbocycles. The van der Waals surface area contributed by atoms with E-state index in [2.05, 4.69) is 34.5 Å². The molecule has 0 bridgehead atoms. The minimum atomic E-state index is -4.39. The zero-order valence-corrected chi connectivity index (χ0v) is 16.3. The molecule has 0 saturated heterocycles. The van der Waals surface area contributed by atoms with E-state index in [1.807, 2.05) is 0 Å². The van der Waals surface area contributed by atoms with Crippen LogP contribution in [0, 0.1) is 5.92 Å². The number of nitrogens with one attached hydrogen (secondary N) is 2. The summed E-state index contributed by atoms with van der Waals surface area (Å²) >= 11 is 0. The Balaban J connectivity index is 0.00000529. The summed E-state index contributed by atoms with van der Waals surface area (Å²) in [5, 5.41) is 6.22. The maximum atomic E-state index is 12.4. The maximum absolute atomic E-state index is 12.4. The highest BCUT2D eigenvalue weighted by Gasteiger charge is 2.30. The summed E-state index contributed by atoms with van der Waals surface area (Å²) in [6.07, 6.45) is -2.59. The van der Waals surface area contributed by atoms with Crippen LogP contribution in [0.4, 0.5) is 13.2 Å². The molecule has 5 nitrogen and oxygen atoms in total. The Kier molecular flexibility index (Phi) is 10.7. The van der Waals surface area contributed by atoms with Crippen LogP contribution >= 0.6 is 24.0 Å². The number of aliphatic imine (C=N–C) groups is 1. The molecule has 0 aliphatic carbocycles. The van der Waals surface area contributed by atoms with E-state index in [9.17, 15) is 13.2 Å². The van der Waals surface area contributed by atoms with Gasteiger partial charge in [-0.3, -0.25) is 4.99 Å². The van der Waals surface area contributed by atoms with Crippen LogP contribution in [0.3, 0.4) is 0 Å². The molecule has 2 N–H and O–H groups in total. The van der Waals surface area contributed by atoms with Gasteiger partial charge in [-0.1, -0.05) is 13.8 Å². The van der Waals surface area contributed by atoms with Crippen molar-refractivity contribution in [1.29, 1.82) is 0 Å². The van der Waals surface area contributed by atoms with Crippen molar-refractivity contribution in [3.05, 3.63) is 23.9 Å². The monoisotopic (exact) mass is 460 g/mol. The Labute approximate surface area is 157 Å². The normalized spacial score (nSPS) is 11.9. The molecule has 0 atom stereocenters. The predicted octanol–water partition coefficient (Wildman–Crippen LogP) is 3.31. The number of pyridine rings is 1. The fourth-order valence-corrected chi connectivity index (χ4v) is 1.66. The molecule has 0 aliphatic rings. The van der Waals surface area contributed by atoms with Crippen molar-refractivity contribution in [2.45, 2.75) is 26.4 Å². The zero-order valence-electron chi connectivity index (χ0n) is 14.0. The van der Waals surface area contributed by atoms with Crippen molar-refractivity contribution >= 4 is 29.9 Å². The summed E-state index contributed by atoms with van der Waals surface area (Å²) in [6.45, 7) is 5.83. The number of alkyl halides is 3. The van der Waals surface area contributed by atoms with Crippen molar-refractivity contribution in [3.8, 4) is 5.88 Å². The average molecular weight is 460 g/mol. The summed E-state index contributed by atoms with van der Waals surface area (Å²) in [4.78, 5) is 7.70. The van der Waals surface area contributed by atoms with E-state index in [1.165, 1.54) is 6.07 Å². The van der Waals surface area contributed by atoms with E-state index in [0.717, 1.165) is 25.2 Å². The molecular weight excluding hydrogens is 436 g/mol. The van der Waals surface area contributed by atoms with Crippen LogP contribution in [0.25, 0.3) is 0 Å². The number of ether oxygens (including phenoxy) is 1. The largest absolute Gasteiger partial charge is 0.476 e. The molecule has 1 heterocycles. The van der Waals surface area contributed by atoms with E-state index in [0.29, 0.717) is 18.4 Å². The lowest BCUT2D eigenvalue weighted by molar-refractivity contribution is -0.137. The molecular formula is C15H24F3IN4O. The van der Waals surface area contributed by atoms with Gasteiger partial charge in [0.05, 0.1) is 12.1 Å². The van der Waals surface area contributed by atoms with Crippen molar-refractivity contribution in [2.75, 3.05) is 26.7 Å². The molecule has 0 fully saturated rings. The lowest BCUT2D eigenvalue weighted by Gasteiger charge is -2.13. The minimum Gasteiger partial charge on any atom is -0.476 e. The van der Waals surface area contributed by atoms with Crippen molar-refractivity contribution in [1.82, 2.24) is 15.6 Å². The van der Waals surface area contributed by atoms with Gasteiger partial charge in [-0.15, -0.1) is 24.0 Å². The van der Waals surface area contributed by atoms with E-state index < -0.39 is 11.7 Å². The number of hydrogen-bond donors (Lipinski definition) is 2. The second-order valence-electron chi connectivity index (χ2n) is 5.34. The third-order valence-corrected chi connectivity index (χ3v) is 2.95. The second-order valence-corrected chi connectivity index (χ2v) is 5.34. The van der Waals surface area contributed by atoms with Crippen LogP contribution in [0.1, 0.15) is 25.8 Å². The topological polar surface area (TPSA) is 58.5 Å². The summed E-state index contributed by atoms with van der Waals surface area (Å²) in [6, 6.07) is 2.15. The second kappa shape index (κ2) is 11.3. The van der Waals surface area contributed by atoms with Gasteiger partial charge >= 0.3 is 6.18 Å². The molecule has 9 heteroatoms. The first kappa shape index (κ1) is 22.7. The first-order chi connectivity index (χ1) is 10.8. The van der Waals surface area contributed by atoms with Gasteiger partial charge in [0, 0.05) is 25.9 Å². The number of halogens is 4. The molecule has 24 heavy (non-hydrogen) atoms. The highest BCUT2D eigenvalue weighted by molar-refractivity contribution is 14.0. The number of aromatic nitrogens is 1. The minimum absolute atomic E-state index is 0. The molecule has 138 valence electrons. The fraction of sp³-hybridized carbons (Fsp3) is 0.600. The van der Waals surface area contributed by atoms with E-state index in [1.54, 1.807) is 7.05 Å².